The number of likely N-dealkylation sites (N-methyl/N-ethyl adjacent to an activating group) is 1. The lowest BCUT2D eigenvalue weighted by molar-refractivity contribution is -0.158. The van der Waals surface area contributed by atoms with Gasteiger partial charge in [-0.2, -0.15) is 13.2 Å². The van der Waals surface area contributed by atoms with E-state index >= 15 is 0 Å². The number of carbonyl (C=O) groups is 2. The van der Waals surface area contributed by atoms with Crippen molar-refractivity contribution in [2.75, 3.05) is 30.4 Å². The lowest BCUT2D eigenvalue weighted by Gasteiger charge is -2.33. The molecule has 1 aliphatic heterocycles. The molecule has 1 unspecified atom stereocenters. The van der Waals surface area contributed by atoms with Gasteiger partial charge in [0.1, 0.15) is 18.4 Å². The number of anilines is 2. The SMILES string of the molecule is C=CCOc1ccc(CN(C)CC(=O)N2c3ccccc3NC(=O)CC2C(F)(F)F)cc1. The molecule has 1 aliphatic rings. The second kappa shape index (κ2) is 9.86. The van der Waals surface area contributed by atoms with Crippen molar-refractivity contribution >= 4 is 23.2 Å². The quantitative estimate of drug-likeness (QED) is 0.652. The number of nitrogens with zero attached hydrogens (tertiary/aromatic N) is 2. The van der Waals surface area contributed by atoms with Crippen LogP contribution in [0.3, 0.4) is 0 Å². The summed E-state index contributed by atoms with van der Waals surface area (Å²) >= 11 is 0. The van der Waals surface area contributed by atoms with E-state index in [4.69, 9.17) is 4.74 Å². The molecule has 0 aliphatic carbocycles. The molecule has 0 spiro atoms. The van der Waals surface area contributed by atoms with Crippen molar-refractivity contribution in [1.29, 1.82) is 0 Å². The van der Waals surface area contributed by atoms with Crippen molar-refractivity contribution in [3.8, 4) is 5.75 Å². The molecule has 0 saturated carbocycles. The van der Waals surface area contributed by atoms with Crippen LogP contribution in [0.5, 0.6) is 5.75 Å². The van der Waals surface area contributed by atoms with Crippen molar-refractivity contribution in [1.82, 2.24) is 4.90 Å². The minimum atomic E-state index is -4.76. The summed E-state index contributed by atoms with van der Waals surface area (Å²) in [5.74, 6) is -0.870. The number of benzene rings is 2. The van der Waals surface area contributed by atoms with Gasteiger partial charge in [-0.3, -0.25) is 19.4 Å². The molecule has 170 valence electrons. The number of nitrogens with one attached hydrogen (secondary N) is 1. The van der Waals surface area contributed by atoms with Crippen molar-refractivity contribution < 1.29 is 27.5 Å². The lowest BCUT2D eigenvalue weighted by Crippen LogP contribution is -2.52. The lowest BCUT2D eigenvalue weighted by atomic mass is 10.1. The molecule has 1 atom stereocenters. The van der Waals surface area contributed by atoms with E-state index in [2.05, 4.69) is 11.9 Å². The first-order valence-corrected chi connectivity index (χ1v) is 9.98. The molecule has 0 fully saturated rings. The Morgan fingerprint density at radius 2 is 1.94 bits per heavy atom. The van der Waals surface area contributed by atoms with E-state index in [1.807, 2.05) is 12.1 Å². The first-order valence-electron chi connectivity index (χ1n) is 9.98. The van der Waals surface area contributed by atoms with Crippen LogP contribution in [0.25, 0.3) is 0 Å². The van der Waals surface area contributed by atoms with Crippen LogP contribution in [-0.2, 0) is 16.1 Å². The van der Waals surface area contributed by atoms with Crippen LogP contribution in [0.4, 0.5) is 24.5 Å². The number of rotatable bonds is 7. The average Bonchev–Trinajstić information content (AvgIpc) is 2.88. The normalized spacial score (nSPS) is 16.2. The molecule has 2 aromatic rings. The highest BCUT2D eigenvalue weighted by atomic mass is 19.4. The van der Waals surface area contributed by atoms with Gasteiger partial charge in [0.15, 0.2) is 0 Å². The van der Waals surface area contributed by atoms with Gasteiger partial charge < -0.3 is 10.1 Å². The first-order chi connectivity index (χ1) is 15.2. The Bertz CT molecular complexity index is 976. The van der Waals surface area contributed by atoms with Gasteiger partial charge in [-0.15, -0.1) is 0 Å². The number of carbonyl (C=O) groups excluding carboxylic acids is 2. The third-order valence-electron chi connectivity index (χ3n) is 4.92. The number of hydrogen-bond donors (Lipinski definition) is 1. The van der Waals surface area contributed by atoms with Gasteiger partial charge in [-0.1, -0.05) is 36.9 Å². The van der Waals surface area contributed by atoms with Gasteiger partial charge in [0.25, 0.3) is 0 Å². The van der Waals surface area contributed by atoms with E-state index in [9.17, 15) is 22.8 Å². The van der Waals surface area contributed by atoms with E-state index in [0.717, 1.165) is 5.56 Å². The third kappa shape index (κ3) is 5.67. The molecule has 0 radical (unpaired) electrons. The van der Waals surface area contributed by atoms with Gasteiger partial charge in [0, 0.05) is 6.54 Å². The van der Waals surface area contributed by atoms with Gasteiger partial charge in [0.05, 0.1) is 24.3 Å². The highest BCUT2D eigenvalue weighted by molar-refractivity contribution is 6.05. The van der Waals surface area contributed by atoms with Gasteiger partial charge in [-0.05, 0) is 36.9 Å². The van der Waals surface area contributed by atoms with E-state index in [1.54, 1.807) is 36.2 Å². The molecule has 32 heavy (non-hydrogen) atoms. The van der Waals surface area contributed by atoms with E-state index in [-0.39, 0.29) is 17.9 Å². The molecule has 1 heterocycles. The number of para-hydroxylation sites is 2. The van der Waals surface area contributed by atoms with Crippen LogP contribution < -0.4 is 15.0 Å². The second-order valence-corrected chi connectivity index (χ2v) is 7.51. The number of alkyl halides is 3. The Hall–Kier alpha value is -3.33. The minimum absolute atomic E-state index is 0.0304. The molecule has 2 aromatic carbocycles. The summed E-state index contributed by atoms with van der Waals surface area (Å²) in [4.78, 5) is 27.4. The van der Waals surface area contributed by atoms with E-state index in [0.29, 0.717) is 23.8 Å². The molecule has 0 bridgehead atoms. The Morgan fingerprint density at radius 3 is 2.59 bits per heavy atom. The van der Waals surface area contributed by atoms with Gasteiger partial charge in [-0.25, -0.2) is 0 Å². The van der Waals surface area contributed by atoms with Crippen LogP contribution >= 0.6 is 0 Å². The summed E-state index contributed by atoms with van der Waals surface area (Å²) < 4.78 is 46.8. The highest BCUT2D eigenvalue weighted by Crippen LogP contribution is 2.37. The highest BCUT2D eigenvalue weighted by Gasteiger charge is 2.49. The zero-order valence-electron chi connectivity index (χ0n) is 17.6. The minimum Gasteiger partial charge on any atom is -0.490 e. The number of fused-ring (bicyclic) bond motifs is 1. The maximum absolute atomic E-state index is 13.8. The molecule has 0 saturated heterocycles. The Balaban J connectivity index is 1.77. The average molecular weight is 447 g/mol. The molecule has 1 N–H and O–H groups in total. The summed E-state index contributed by atoms with van der Waals surface area (Å²) in [6, 6.07) is 10.9. The third-order valence-corrected chi connectivity index (χ3v) is 4.92. The number of hydrogen-bond acceptors (Lipinski definition) is 4. The van der Waals surface area contributed by atoms with Crippen molar-refractivity contribution in [3.05, 3.63) is 66.7 Å². The van der Waals surface area contributed by atoms with Gasteiger partial charge in [0.2, 0.25) is 11.8 Å². The van der Waals surface area contributed by atoms with Crippen LogP contribution in [0, 0.1) is 0 Å². The Morgan fingerprint density at radius 1 is 1.25 bits per heavy atom. The number of amides is 2. The van der Waals surface area contributed by atoms with E-state index in [1.165, 1.54) is 18.2 Å². The van der Waals surface area contributed by atoms with Gasteiger partial charge >= 0.3 is 6.18 Å². The molecule has 2 amide bonds. The standard InChI is InChI=1S/C23H24F3N3O3/c1-3-12-32-17-10-8-16(9-11-17)14-28(2)15-22(31)29-19-7-5-4-6-18(19)27-21(30)13-20(29)23(24,25)26/h3-11,20H,1,12-15H2,2H3,(H,27,30). The van der Waals surface area contributed by atoms with Crippen molar-refractivity contribution in [3.63, 3.8) is 0 Å². The fraction of sp³-hybridized carbons (Fsp3) is 0.304. The number of halogens is 3. The van der Waals surface area contributed by atoms with Crippen LogP contribution in [-0.4, -0.2) is 49.1 Å². The monoisotopic (exact) mass is 447 g/mol. The molecular formula is C23H24F3N3O3. The maximum Gasteiger partial charge on any atom is 0.409 e. The molecule has 0 aromatic heterocycles. The largest absolute Gasteiger partial charge is 0.490 e. The number of ether oxygens (including phenoxy) is 1. The fourth-order valence-electron chi connectivity index (χ4n) is 3.52. The fourth-order valence-corrected chi connectivity index (χ4v) is 3.52. The van der Waals surface area contributed by atoms with Crippen LogP contribution in [0.2, 0.25) is 0 Å². The summed E-state index contributed by atoms with van der Waals surface area (Å²) in [5, 5.41) is 2.46. The van der Waals surface area contributed by atoms with E-state index < -0.39 is 30.5 Å². The predicted octanol–water partition coefficient (Wildman–Crippen LogP) is 3.99. The smallest absolute Gasteiger partial charge is 0.409 e. The van der Waals surface area contributed by atoms with Crippen LogP contribution in [0.1, 0.15) is 12.0 Å². The second-order valence-electron chi connectivity index (χ2n) is 7.51. The Kier molecular flexibility index (Phi) is 7.19. The molecule has 6 nitrogen and oxygen atoms in total. The predicted molar refractivity (Wildman–Crippen MR) is 115 cm³/mol. The summed E-state index contributed by atoms with van der Waals surface area (Å²) in [6.07, 6.45) is -3.99. The van der Waals surface area contributed by atoms with Crippen LogP contribution in [0.15, 0.2) is 61.2 Å². The first kappa shape index (κ1) is 23.3. The van der Waals surface area contributed by atoms with Crippen molar-refractivity contribution in [2.24, 2.45) is 0 Å². The topological polar surface area (TPSA) is 61.9 Å². The summed E-state index contributed by atoms with van der Waals surface area (Å²) in [7, 11) is 1.65. The molecule has 9 heteroatoms. The zero-order valence-corrected chi connectivity index (χ0v) is 17.6. The zero-order chi connectivity index (χ0) is 23.3. The Labute approximate surface area is 184 Å². The molecule has 3 rings (SSSR count). The van der Waals surface area contributed by atoms with Crippen molar-refractivity contribution in [2.45, 2.75) is 25.2 Å². The maximum atomic E-state index is 13.8. The molecular weight excluding hydrogens is 423 g/mol. The summed E-state index contributed by atoms with van der Waals surface area (Å²) in [6.45, 7) is 4.04. The summed E-state index contributed by atoms with van der Waals surface area (Å²) in [5.41, 5.74) is 1.07.